The molecule has 28 heavy (non-hydrogen) atoms. The Morgan fingerprint density at radius 1 is 1.18 bits per heavy atom. The number of amidine groups is 1. The second-order valence-electron chi connectivity index (χ2n) is 8.06. The summed E-state index contributed by atoms with van der Waals surface area (Å²) in [6.45, 7) is 9.01. The SMILES string of the molecule is CC1C=CNC(COc2ccc(C(c3ccc(C#N)cc3)C(C)(C)C)nc2)=N1. The Morgan fingerprint density at radius 2 is 1.93 bits per heavy atom. The van der Waals surface area contributed by atoms with Crippen LogP contribution in [0.3, 0.4) is 0 Å². The van der Waals surface area contributed by atoms with Gasteiger partial charge in [0.1, 0.15) is 18.2 Å². The molecule has 0 saturated carbocycles. The van der Waals surface area contributed by atoms with Gasteiger partial charge in [-0.1, -0.05) is 32.9 Å². The molecule has 0 aliphatic carbocycles. The van der Waals surface area contributed by atoms with Crippen molar-refractivity contribution < 1.29 is 4.74 Å². The smallest absolute Gasteiger partial charge is 0.145 e. The average molecular weight is 374 g/mol. The molecule has 144 valence electrons. The Kier molecular flexibility index (Phi) is 5.79. The Balaban J connectivity index is 1.76. The molecule has 2 aromatic rings. The van der Waals surface area contributed by atoms with Gasteiger partial charge < -0.3 is 10.1 Å². The molecule has 1 N–H and O–H groups in total. The van der Waals surface area contributed by atoms with Crippen molar-refractivity contribution in [2.45, 2.75) is 39.7 Å². The van der Waals surface area contributed by atoms with Crippen LogP contribution in [0.1, 0.15) is 50.4 Å². The van der Waals surface area contributed by atoms with Gasteiger partial charge in [0, 0.05) is 17.8 Å². The van der Waals surface area contributed by atoms with E-state index in [9.17, 15) is 0 Å². The Hall–Kier alpha value is -3.13. The van der Waals surface area contributed by atoms with E-state index in [4.69, 9.17) is 10.00 Å². The summed E-state index contributed by atoms with van der Waals surface area (Å²) >= 11 is 0. The van der Waals surface area contributed by atoms with E-state index in [0.29, 0.717) is 17.9 Å². The van der Waals surface area contributed by atoms with Crippen LogP contribution in [0.25, 0.3) is 0 Å². The average Bonchev–Trinajstić information content (AvgIpc) is 2.67. The van der Waals surface area contributed by atoms with Gasteiger partial charge in [0.15, 0.2) is 0 Å². The third-order valence-electron chi connectivity index (χ3n) is 4.65. The highest BCUT2D eigenvalue weighted by atomic mass is 16.5. The number of nitrogens with one attached hydrogen (secondary N) is 1. The lowest BCUT2D eigenvalue weighted by atomic mass is 9.74. The van der Waals surface area contributed by atoms with E-state index in [-0.39, 0.29) is 17.4 Å². The van der Waals surface area contributed by atoms with Crippen molar-refractivity contribution >= 4 is 5.84 Å². The van der Waals surface area contributed by atoms with Crippen LogP contribution in [0, 0.1) is 16.7 Å². The summed E-state index contributed by atoms with van der Waals surface area (Å²) < 4.78 is 5.82. The summed E-state index contributed by atoms with van der Waals surface area (Å²) in [5, 5.41) is 12.1. The maximum absolute atomic E-state index is 9.04. The van der Waals surface area contributed by atoms with Gasteiger partial charge in [0.25, 0.3) is 0 Å². The molecular weight excluding hydrogens is 348 g/mol. The number of nitriles is 1. The third kappa shape index (κ3) is 4.77. The first-order valence-electron chi connectivity index (χ1n) is 9.45. The highest BCUT2D eigenvalue weighted by Crippen LogP contribution is 2.39. The van der Waals surface area contributed by atoms with E-state index < -0.39 is 0 Å². The predicted molar refractivity (Wildman–Crippen MR) is 111 cm³/mol. The van der Waals surface area contributed by atoms with Gasteiger partial charge in [-0.15, -0.1) is 0 Å². The number of ether oxygens (including phenoxy) is 1. The zero-order valence-corrected chi connectivity index (χ0v) is 16.8. The molecule has 1 aliphatic rings. The number of aromatic nitrogens is 1. The van der Waals surface area contributed by atoms with E-state index in [1.165, 1.54) is 0 Å². The van der Waals surface area contributed by atoms with E-state index >= 15 is 0 Å². The maximum atomic E-state index is 9.04. The molecule has 0 fully saturated rings. The molecular formula is C23H26N4O. The number of aliphatic imine (C=N–C) groups is 1. The van der Waals surface area contributed by atoms with Gasteiger partial charge in [-0.3, -0.25) is 9.98 Å². The van der Waals surface area contributed by atoms with Crippen molar-refractivity contribution in [3.05, 3.63) is 71.7 Å². The number of hydrogen-bond acceptors (Lipinski definition) is 5. The van der Waals surface area contributed by atoms with Crippen LogP contribution in [0.15, 0.2) is 59.9 Å². The van der Waals surface area contributed by atoms with E-state index in [0.717, 1.165) is 17.1 Å². The highest BCUT2D eigenvalue weighted by molar-refractivity contribution is 5.85. The van der Waals surface area contributed by atoms with Crippen LogP contribution >= 0.6 is 0 Å². The van der Waals surface area contributed by atoms with Gasteiger partial charge in [-0.05, 0) is 48.2 Å². The van der Waals surface area contributed by atoms with Crippen molar-refractivity contribution in [3.8, 4) is 11.8 Å². The fourth-order valence-electron chi connectivity index (χ4n) is 3.35. The lowest BCUT2D eigenvalue weighted by Crippen LogP contribution is -2.29. The van der Waals surface area contributed by atoms with E-state index in [1.807, 2.05) is 55.6 Å². The predicted octanol–water partition coefficient (Wildman–Crippen LogP) is 4.41. The second-order valence-corrected chi connectivity index (χ2v) is 8.06. The fourth-order valence-corrected chi connectivity index (χ4v) is 3.35. The minimum absolute atomic E-state index is 0.0211. The monoisotopic (exact) mass is 374 g/mol. The van der Waals surface area contributed by atoms with Crippen LogP contribution in [0.4, 0.5) is 0 Å². The van der Waals surface area contributed by atoms with Crippen LogP contribution in [0.2, 0.25) is 0 Å². The molecule has 2 atom stereocenters. The zero-order chi connectivity index (χ0) is 20.1. The topological polar surface area (TPSA) is 70.3 Å². The molecule has 3 rings (SSSR count). The normalized spacial score (nSPS) is 17.2. The van der Waals surface area contributed by atoms with Crippen LogP contribution < -0.4 is 10.1 Å². The molecule has 1 aromatic carbocycles. The van der Waals surface area contributed by atoms with Crippen molar-refractivity contribution in [3.63, 3.8) is 0 Å². The zero-order valence-electron chi connectivity index (χ0n) is 16.8. The Morgan fingerprint density at radius 3 is 2.50 bits per heavy atom. The van der Waals surface area contributed by atoms with Gasteiger partial charge in [-0.25, -0.2) is 0 Å². The lowest BCUT2D eigenvalue weighted by Gasteiger charge is -2.31. The van der Waals surface area contributed by atoms with Gasteiger partial charge in [0.2, 0.25) is 0 Å². The largest absolute Gasteiger partial charge is 0.484 e. The molecule has 2 unspecified atom stereocenters. The standard InChI is InChI=1S/C23H26N4O/c1-16-11-12-25-21(27-16)15-28-19-9-10-20(26-14-19)22(23(2,3)4)18-7-5-17(13-24)6-8-18/h5-12,14,16,22H,15H2,1-4H3,(H,25,27). The van der Waals surface area contributed by atoms with Crippen LogP contribution in [0.5, 0.6) is 5.75 Å². The van der Waals surface area contributed by atoms with Gasteiger partial charge in [0.05, 0.1) is 23.9 Å². The summed E-state index contributed by atoms with van der Waals surface area (Å²) in [5.74, 6) is 1.64. The number of pyridine rings is 1. The third-order valence-corrected chi connectivity index (χ3v) is 4.65. The summed E-state index contributed by atoms with van der Waals surface area (Å²) in [6, 6.07) is 14.1. The summed E-state index contributed by atoms with van der Waals surface area (Å²) in [4.78, 5) is 9.16. The molecule has 0 spiro atoms. The first-order chi connectivity index (χ1) is 13.4. The second kappa shape index (κ2) is 8.26. The van der Waals surface area contributed by atoms with E-state index in [2.05, 4.69) is 42.1 Å². The molecule has 5 heteroatoms. The molecule has 1 aliphatic heterocycles. The molecule has 0 saturated heterocycles. The van der Waals surface area contributed by atoms with Crippen LogP contribution in [-0.4, -0.2) is 23.5 Å². The first-order valence-corrected chi connectivity index (χ1v) is 9.45. The molecule has 1 aromatic heterocycles. The van der Waals surface area contributed by atoms with Crippen molar-refractivity contribution in [1.82, 2.24) is 10.3 Å². The first kappa shape index (κ1) is 19.6. The summed E-state index contributed by atoms with van der Waals surface area (Å²) in [6.07, 6.45) is 5.65. The minimum Gasteiger partial charge on any atom is -0.484 e. The Labute approximate surface area is 166 Å². The highest BCUT2D eigenvalue weighted by Gasteiger charge is 2.29. The number of rotatable bonds is 5. The number of benzene rings is 1. The lowest BCUT2D eigenvalue weighted by molar-refractivity contribution is 0.349. The Bertz CT molecular complexity index is 900. The minimum atomic E-state index is -0.0211. The van der Waals surface area contributed by atoms with Gasteiger partial charge in [-0.2, -0.15) is 5.26 Å². The quantitative estimate of drug-likeness (QED) is 0.841. The maximum Gasteiger partial charge on any atom is 0.145 e. The van der Waals surface area contributed by atoms with Crippen molar-refractivity contribution in [1.29, 1.82) is 5.26 Å². The molecule has 2 heterocycles. The molecule has 0 bridgehead atoms. The molecule has 0 radical (unpaired) electrons. The van der Waals surface area contributed by atoms with Crippen molar-refractivity contribution in [2.24, 2.45) is 10.4 Å². The fraction of sp³-hybridized carbons (Fsp3) is 0.348. The molecule has 5 nitrogen and oxygen atoms in total. The molecule has 0 amide bonds. The summed E-state index contributed by atoms with van der Waals surface area (Å²) in [5.41, 5.74) is 2.77. The van der Waals surface area contributed by atoms with E-state index in [1.54, 1.807) is 6.20 Å². The number of hydrogen-bond donors (Lipinski definition) is 1. The van der Waals surface area contributed by atoms with Crippen LogP contribution in [-0.2, 0) is 0 Å². The van der Waals surface area contributed by atoms with Crippen molar-refractivity contribution in [2.75, 3.05) is 6.61 Å². The van der Waals surface area contributed by atoms with Gasteiger partial charge >= 0.3 is 0 Å². The summed E-state index contributed by atoms with van der Waals surface area (Å²) in [7, 11) is 0. The number of nitrogens with zero attached hydrogens (tertiary/aromatic N) is 3.